The molecule has 0 aliphatic heterocycles. The summed E-state index contributed by atoms with van der Waals surface area (Å²) >= 11 is 0. The van der Waals surface area contributed by atoms with Gasteiger partial charge in [-0.1, -0.05) is 0 Å². The van der Waals surface area contributed by atoms with Gasteiger partial charge < -0.3 is 10.1 Å². The minimum absolute atomic E-state index is 0.134. The maximum Gasteiger partial charge on any atom is 0.258 e. The quantitative estimate of drug-likeness (QED) is 0.867. The second kappa shape index (κ2) is 5.43. The molecule has 19 heavy (non-hydrogen) atoms. The zero-order chi connectivity index (χ0) is 13.8. The predicted octanol–water partition coefficient (Wildman–Crippen LogP) is 2.62. The minimum atomic E-state index is -0.702. The first-order valence-corrected chi connectivity index (χ1v) is 5.36. The van der Waals surface area contributed by atoms with E-state index < -0.39 is 17.7 Å². The fraction of sp³-hybridized carbons (Fsp3) is 0.0769. The first-order valence-electron chi connectivity index (χ1n) is 5.36. The molecule has 1 aromatic heterocycles. The van der Waals surface area contributed by atoms with Crippen molar-refractivity contribution in [3.05, 3.63) is 53.9 Å². The Hall–Kier alpha value is -2.50. The van der Waals surface area contributed by atoms with E-state index in [1.54, 1.807) is 0 Å². The topological polar surface area (TPSA) is 51.2 Å². The monoisotopic (exact) mass is 264 g/mol. The van der Waals surface area contributed by atoms with Crippen molar-refractivity contribution in [1.82, 2.24) is 4.98 Å². The van der Waals surface area contributed by atoms with Crippen LogP contribution in [0.1, 0.15) is 10.4 Å². The summed E-state index contributed by atoms with van der Waals surface area (Å²) in [5, 5.41) is 2.41. The standard InChI is InChI=1S/C13H10F2N2O2/c1-19-9-3-4-10(11(14)6-9)13(18)17-8-2-5-12(15)16-7-8/h2-7H,1H3,(H,17,18). The molecule has 0 saturated heterocycles. The van der Waals surface area contributed by atoms with E-state index in [0.717, 1.165) is 18.3 Å². The number of methoxy groups -OCH3 is 1. The lowest BCUT2D eigenvalue weighted by Crippen LogP contribution is -2.14. The van der Waals surface area contributed by atoms with E-state index in [-0.39, 0.29) is 11.3 Å². The zero-order valence-corrected chi connectivity index (χ0v) is 9.98. The average Bonchev–Trinajstić information content (AvgIpc) is 2.41. The van der Waals surface area contributed by atoms with Gasteiger partial charge in [-0.15, -0.1) is 0 Å². The molecular formula is C13H10F2N2O2. The normalized spacial score (nSPS) is 10.1. The fourth-order valence-corrected chi connectivity index (χ4v) is 1.46. The number of ether oxygens (including phenoxy) is 1. The number of nitrogens with zero attached hydrogens (tertiary/aromatic N) is 1. The lowest BCUT2D eigenvalue weighted by atomic mass is 10.2. The van der Waals surface area contributed by atoms with Gasteiger partial charge in [-0.05, 0) is 24.3 Å². The Morgan fingerprint density at radius 2 is 2.05 bits per heavy atom. The van der Waals surface area contributed by atoms with E-state index in [1.165, 1.54) is 25.3 Å². The summed E-state index contributed by atoms with van der Waals surface area (Å²) in [6.45, 7) is 0. The Labute approximate surface area is 108 Å². The molecule has 98 valence electrons. The van der Waals surface area contributed by atoms with Gasteiger partial charge in [0.2, 0.25) is 5.95 Å². The molecule has 1 amide bonds. The molecular weight excluding hydrogens is 254 g/mol. The van der Waals surface area contributed by atoms with Gasteiger partial charge in [-0.3, -0.25) is 4.79 Å². The highest BCUT2D eigenvalue weighted by Crippen LogP contribution is 2.17. The highest BCUT2D eigenvalue weighted by molar-refractivity contribution is 6.04. The SMILES string of the molecule is COc1ccc(C(=O)Nc2ccc(F)nc2)c(F)c1. The van der Waals surface area contributed by atoms with Crippen molar-refractivity contribution in [1.29, 1.82) is 0 Å². The molecule has 2 rings (SSSR count). The largest absolute Gasteiger partial charge is 0.497 e. The molecule has 4 nitrogen and oxygen atoms in total. The van der Waals surface area contributed by atoms with Crippen LogP contribution in [0.4, 0.5) is 14.5 Å². The molecule has 0 saturated carbocycles. The Bertz CT molecular complexity index is 600. The molecule has 0 unspecified atom stereocenters. The summed E-state index contributed by atoms with van der Waals surface area (Å²) in [4.78, 5) is 15.2. The van der Waals surface area contributed by atoms with Crippen LogP contribution in [0.2, 0.25) is 0 Å². The first-order chi connectivity index (χ1) is 9.10. The molecule has 0 radical (unpaired) electrons. The number of rotatable bonds is 3. The third-order valence-corrected chi connectivity index (χ3v) is 2.41. The molecule has 6 heteroatoms. The van der Waals surface area contributed by atoms with E-state index in [4.69, 9.17) is 4.74 Å². The fourth-order valence-electron chi connectivity index (χ4n) is 1.46. The van der Waals surface area contributed by atoms with Crippen molar-refractivity contribution in [3.8, 4) is 5.75 Å². The van der Waals surface area contributed by atoms with Crippen LogP contribution >= 0.6 is 0 Å². The van der Waals surface area contributed by atoms with Crippen molar-refractivity contribution in [3.63, 3.8) is 0 Å². The number of halogens is 2. The van der Waals surface area contributed by atoms with Gasteiger partial charge in [-0.2, -0.15) is 4.39 Å². The smallest absolute Gasteiger partial charge is 0.258 e. The van der Waals surface area contributed by atoms with Crippen LogP contribution in [0, 0.1) is 11.8 Å². The highest BCUT2D eigenvalue weighted by Gasteiger charge is 2.12. The van der Waals surface area contributed by atoms with Gasteiger partial charge in [-0.25, -0.2) is 9.37 Å². The van der Waals surface area contributed by atoms with Gasteiger partial charge >= 0.3 is 0 Å². The average molecular weight is 264 g/mol. The lowest BCUT2D eigenvalue weighted by molar-refractivity contribution is 0.102. The number of hydrogen-bond acceptors (Lipinski definition) is 3. The van der Waals surface area contributed by atoms with Crippen LogP contribution in [-0.2, 0) is 0 Å². The summed E-state index contributed by atoms with van der Waals surface area (Å²) in [6.07, 6.45) is 1.15. The first kappa shape index (κ1) is 12.9. The molecule has 1 aromatic carbocycles. The van der Waals surface area contributed by atoms with Gasteiger partial charge in [0, 0.05) is 6.07 Å². The number of hydrogen-bond donors (Lipinski definition) is 1. The molecule has 1 N–H and O–H groups in total. The van der Waals surface area contributed by atoms with Crippen molar-refractivity contribution in [2.24, 2.45) is 0 Å². The summed E-state index contributed by atoms with van der Waals surface area (Å²) < 4.78 is 31.1. The van der Waals surface area contributed by atoms with Crippen LogP contribution in [0.25, 0.3) is 0 Å². The third-order valence-electron chi connectivity index (χ3n) is 2.41. The highest BCUT2D eigenvalue weighted by atomic mass is 19.1. The number of benzene rings is 1. The van der Waals surface area contributed by atoms with Gasteiger partial charge in [0.25, 0.3) is 5.91 Å². The van der Waals surface area contributed by atoms with Crippen LogP contribution < -0.4 is 10.1 Å². The lowest BCUT2D eigenvalue weighted by Gasteiger charge is -2.07. The van der Waals surface area contributed by atoms with E-state index >= 15 is 0 Å². The molecule has 0 fully saturated rings. The second-order valence-corrected chi connectivity index (χ2v) is 3.67. The van der Waals surface area contributed by atoms with Crippen LogP contribution in [-0.4, -0.2) is 18.0 Å². The molecule has 0 aliphatic carbocycles. The second-order valence-electron chi connectivity index (χ2n) is 3.67. The van der Waals surface area contributed by atoms with Gasteiger partial charge in [0.05, 0.1) is 24.6 Å². The van der Waals surface area contributed by atoms with E-state index in [0.29, 0.717) is 5.75 Å². The number of anilines is 1. The van der Waals surface area contributed by atoms with Crippen LogP contribution in [0.15, 0.2) is 36.5 Å². The molecule has 2 aromatic rings. The van der Waals surface area contributed by atoms with Gasteiger partial charge in [0.1, 0.15) is 11.6 Å². The maximum absolute atomic E-state index is 13.6. The molecule has 0 atom stereocenters. The van der Waals surface area contributed by atoms with Crippen LogP contribution in [0.5, 0.6) is 5.75 Å². The van der Waals surface area contributed by atoms with Crippen LogP contribution in [0.3, 0.4) is 0 Å². The number of carbonyl (C=O) groups excluding carboxylic acids is 1. The minimum Gasteiger partial charge on any atom is -0.497 e. The van der Waals surface area contributed by atoms with Crippen molar-refractivity contribution in [2.45, 2.75) is 0 Å². The molecule has 0 spiro atoms. The number of carbonyl (C=O) groups is 1. The number of aromatic nitrogens is 1. The molecule has 0 bridgehead atoms. The third kappa shape index (κ3) is 3.04. The van der Waals surface area contributed by atoms with E-state index in [2.05, 4.69) is 10.3 Å². The Morgan fingerprint density at radius 1 is 1.26 bits per heavy atom. The molecule has 0 aliphatic rings. The number of pyridine rings is 1. The maximum atomic E-state index is 13.6. The Morgan fingerprint density at radius 3 is 2.63 bits per heavy atom. The summed E-state index contributed by atoms with van der Waals surface area (Å²) in [6, 6.07) is 6.32. The number of amides is 1. The predicted molar refractivity (Wildman–Crippen MR) is 65.1 cm³/mol. The van der Waals surface area contributed by atoms with E-state index in [9.17, 15) is 13.6 Å². The Kier molecular flexibility index (Phi) is 3.70. The summed E-state index contributed by atoms with van der Waals surface area (Å²) in [5.41, 5.74) is 0.145. The summed E-state index contributed by atoms with van der Waals surface area (Å²) in [7, 11) is 1.40. The molecule has 1 heterocycles. The van der Waals surface area contributed by atoms with Crippen molar-refractivity contribution in [2.75, 3.05) is 12.4 Å². The zero-order valence-electron chi connectivity index (χ0n) is 9.98. The van der Waals surface area contributed by atoms with Crippen molar-refractivity contribution >= 4 is 11.6 Å². The van der Waals surface area contributed by atoms with E-state index in [1.807, 2.05) is 0 Å². The van der Waals surface area contributed by atoms with Crippen molar-refractivity contribution < 1.29 is 18.3 Å². The van der Waals surface area contributed by atoms with Gasteiger partial charge in [0.15, 0.2) is 0 Å². The Balaban J connectivity index is 2.18. The number of nitrogens with one attached hydrogen (secondary N) is 1. The summed E-state index contributed by atoms with van der Waals surface area (Å²) in [5.74, 6) is -1.69.